The molecule has 1 aliphatic heterocycles. The van der Waals surface area contributed by atoms with Gasteiger partial charge in [0.05, 0.1) is 18.2 Å². The van der Waals surface area contributed by atoms with Crippen molar-refractivity contribution < 1.29 is 22.7 Å². The zero-order chi connectivity index (χ0) is 24.8. The molecular weight excluding hydrogens is 465 g/mol. The van der Waals surface area contributed by atoms with Gasteiger partial charge in [-0.2, -0.15) is 0 Å². The molecule has 7 nitrogen and oxygen atoms in total. The molecule has 3 heterocycles. The van der Waals surface area contributed by atoms with Crippen LogP contribution in [-0.4, -0.2) is 18.7 Å². The van der Waals surface area contributed by atoms with E-state index in [4.69, 9.17) is 18.3 Å². The second kappa shape index (κ2) is 8.66. The maximum atomic E-state index is 13.3. The first kappa shape index (κ1) is 22.1. The third kappa shape index (κ3) is 3.81. The van der Waals surface area contributed by atoms with E-state index < -0.39 is 11.3 Å². The molecule has 0 radical (unpaired) electrons. The van der Waals surface area contributed by atoms with Crippen LogP contribution in [0.5, 0.6) is 11.5 Å². The summed E-state index contributed by atoms with van der Waals surface area (Å²) in [7, 11) is 1.50. The van der Waals surface area contributed by atoms with Gasteiger partial charge in [-0.25, -0.2) is 14.0 Å². The van der Waals surface area contributed by atoms with Gasteiger partial charge >= 0.3 is 11.3 Å². The number of methoxy groups -OCH3 is 1. The molecule has 0 unspecified atom stereocenters. The normalized spacial score (nSPS) is 13.5. The highest BCUT2D eigenvalue weighted by atomic mass is 19.1. The van der Waals surface area contributed by atoms with E-state index in [9.17, 15) is 14.0 Å². The van der Waals surface area contributed by atoms with E-state index in [-0.39, 0.29) is 11.4 Å². The molecule has 1 aliphatic rings. The zero-order valence-corrected chi connectivity index (χ0v) is 19.2. The lowest BCUT2D eigenvalue weighted by Gasteiger charge is -2.29. The quantitative estimate of drug-likeness (QED) is 0.329. The fourth-order valence-electron chi connectivity index (χ4n) is 4.62. The Bertz CT molecular complexity index is 1740. The Balaban J connectivity index is 1.46. The number of hydrogen-bond acceptors (Lipinski definition) is 7. The van der Waals surface area contributed by atoms with Crippen LogP contribution in [-0.2, 0) is 13.1 Å². The van der Waals surface area contributed by atoms with Gasteiger partial charge in [0.1, 0.15) is 23.9 Å². The van der Waals surface area contributed by atoms with Gasteiger partial charge in [-0.1, -0.05) is 24.3 Å². The molecule has 0 atom stereocenters. The Morgan fingerprint density at radius 3 is 2.58 bits per heavy atom. The van der Waals surface area contributed by atoms with Gasteiger partial charge < -0.3 is 18.3 Å². The number of fused-ring (bicyclic) bond motifs is 4. The van der Waals surface area contributed by atoms with E-state index in [2.05, 4.69) is 0 Å². The first-order chi connectivity index (χ1) is 17.5. The standard InChI is InChI=1S/C28H20FNO6/c1-33-24-4-2-3-17-11-21(28(32)36-26(17)24)20-12-25(31)35-27-19(20)9-10-23-22(27)14-30(15-34-23)13-16-5-7-18(29)8-6-16/h2-12H,13-15H2,1H3. The van der Waals surface area contributed by atoms with E-state index in [0.29, 0.717) is 64.4 Å². The van der Waals surface area contributed by atoms with E-state index in [1.54, 1.807) is 42.5 Å². The molecule has 2 aromatic heterocycles. The first-order valence-corrected chi connectivity index (χ1v) is 11.3. The summed E-state index contributed by atoms with van der Waals surface area (Å²) in [6.07, 6.45) is 0. The van der Waals surface area contributed by atoms with Gasteiger partial charge in [-0.3, -0.25) is 4.90 Å². The highest BCUT2D eigenvalue weighted by Gasteiger charge is 2.24. The number of hydrogen-bond donors (Lipinski definition) is 0. The van der Waals surface area contributed by atoms with Gasteiger partial charge in [-0.15, -0.1) is 0 Å². The predicted octanol–water partition coefficient (Wildman–Crippen LogP) is 5.07. The second-order valence-electron chi connectivity index (χ2n) is 8.61. The summed E-state index contributed by atoms with van der Waals surface area (Å²) in [6.45, 7) is 1.30. The average Bonchev–Trinajstić information content (AvgIpc) is 2.89. The average molecular weight is 485 g/mol. The van der Waals surface area contributed by atoms with Crippen molar-refractivity contribution in [2.75, 3.05) is 13.8 Å². The molecule has 0 aliphatic carbocycles. The summed E-state index contributed by atoms with van der Waals surface area (Å²) in [5.41, 5.74) is 1.79. The molecule has 36 heavy (non-hydrogen) atoms. The van der Waals surface area contributed by atoms with Crippen LogP contribution in [0, 0.1) is 5.82 Å². The third-order valence-electron chi connectivity index (χ3n) is 6.31. The lowest BCUT2D eigenvalue weighted by Crippen LogP contribution is -2.31. The molecule has 5 aromatic rings. The van der Waals surface area contributed by atoms with Gasteiger partial charge in [0, 0.05) is 35.5 Å². The van der Waals surface area contributed by atoms with Crippen molar-refractivity contribution >= 4 is 21.9 Å². The maximum absolute atomic E-state index is 13.3. The molecule has 8 heteroatoms. The van der Waals surface area contributed by atoms with E-state index in [1.165, 1.54) is 25.3 Å². The largest absolute Gasteiger partial charge is 0.493 e. The van der Waals surface area contributed by atoms with Crippen molar-refractivity contribution in [1.29, 1.82) is 0 Å². The minimum Gasteiger partial charge on any atom is -0.493 e. The molecule has 0 bridgehead atoms. The minimum absolute atomic E-state index is 0.244. The van der Waals surface area contributed by atoms with E-state index >= 15 is 0 Å². The van der Waals surface area contributed by atoms with Gasteiger partial charge in [-0.05, 0) is 42.0 Å². The summed E-state index contributed by atoms with van der Waals surface area (Å²) in [5.74, 6) is 0.755. The Labute approximate surface area is 203 Å². The topological polar surface area (TPSA) is 82.1 Å². The molecule has 6 rings (SSSR count). The number of benzene rings is 3. The van der Waals surface area contributed by atoms with Crippen molar-refractivity contribution in [3.8, 4) is 22.6 Å². The summed E-state index contributed by atoms with van der Waals surface area (Å²) < 4.78 is 35.7. The smallest absolute Gasteiger partial charge is 0.344 e. The van der Waals surface area contributed by atoms with Crippen LogP contribution in [0.25, 0.3) is 33.1 Å². The van der Waals surface area contributed by atoms with Crippen molar-refractivity contribution in [1.82, 2.24) is 4.90 Å². The minimum atomic E-state index is -0.592. The summed E-state index contributed by atoms with van der Waals surface area (Å²) >= 11 is 0. The van der Waals surface area contributed by atoms with Gasteiger partial charge in [0.15, 0.2) is 11.3 Å². The molecule has 0 saturated carbocycles. The van der Waals surface area contributed by atoms with Crippen LogP contribution >= 0.6 is 0 Å². The van der Waals surface area contributed by atoms with Crippen LogP contribution in [0.1, 0.15) is 11.1 Å². The summed E-state index contributed by atoms with van der Waals surface area (Å²) in [6, 6.07) is 18.2. The number of halogens is 1. The Morgan fingerprint density at radius 2 is 1.78 bits per heavy atom. The first-order valence-electron chi connectivity index (χ1n) is 11.3. The molecule has 0 fully saturated rings. The monoisotopic (exact) mass is 485 g/mol. The SMILES string of the molecule is COc1cccc2cc(-c3cc(=O)oc4c5c(ccc34)OCN(Cc3ccc(F)cc3)C5)c(=O)oc12. The van der Waals surface area contributed by atoms with Crippen LogP contribution in [0.15, 0.2) is 85.2 Å². The number of nitrogens with zero attached hydrogens (tertiary/aromatic N) is 1. The molecular formula is C28H20FNO6. The third-order valence-corrected chi connectivity index (χ3v) is 6.31. The fourth-order valence-corrected chi connectivity index (χ4v) is 4.62. The highest BCUT2D eigenvalue weighted by molar-refractivity contribution is 5.97. The van der Waals surface area contributed by atoms with E-state index in [1.807, 2.05) is 11.0 Å². The lowest BCUT2D eigenvalue weighted by molar-refractivity contribution is 0.0889. The van der Waals surface area contributed by atoms with Gasteiger partial charge in [0.2, 0.25) is 0 Å². The van der Waals surface area contributed by atoms with Crippen molar-refractivity contribution in [3.63, 3.8) is 0 Å². The highest BCUT2D eigenvalue weighted by Crippen LogP contribution is 2.36. The van der Waals surface area contributed by atoms with Crippen molar-refractivity contribution in [3.05, 3.63) is 105 Å². The lowest BCUT2D eigenvalue weighted by atomic mass is 9.99. The predicted molar refractivity (Wildman–Crippen MR) is 132 cm³/mol. The molecule has 3 aromatic carbocycles. The number of ether oxygens (including phenoxy) is 2. The Morgan fingerprint density at radius 1 is 0.944 bits per heavy atom. The fraction of sp³-hybridized carbons (Fsp3) is 0.143. The molecule has 0 N–H and O–H groups in total. The number of rotatable bonds is 4. The summed E-state index contributed by atoms with van der Waals surface area (Å²) in [5, 5.41) is 1.26. The molecule has 0 amide bonds. The zero-order valence-electron chi connectivity index (χ0n) is 19.2. The maximum Gasteiger partial charge on any atom is 0.344 e. The molecule has 180 valence electrons. The van der Waals surface area contributed by atoms with E-state index in [0.717, 1.165) is 5.56 Å². The van der Waals surface area contributed by atoms with Gasteiger partial charge in [0.25, 0.3) is 0 Å². The van der Waals surface area contributed by atoms with Crippen LogP contribution in [0.4, 0.5) is 4.39 Å². The molecule has 0 spiro atoms. The van der Waals surface area contributed by atoms with Crippen molar-refractivity contribution in [2.45, 2.75) is 13.1 Å². The van der Waals surface area contributed by atoms with Crippen LogP contribution in [0.2, 0.25) is 0 Å². The summed E-state index contributed by atoms with van der Waals surface area (Å²) in [4.78, 5) is 27.7. The van der Waals surface area contributed by atoms with Crippen molar-refractivity contribution in [2.24, 2.45) is 0 Å². The Hall–Kier alpha value is -4.43. The van der Waals surface area contributed by atoms with Crippen LogP contribution in [0.3, 0.4) is 0 Å². The number of para-hydroxylation sites is 1. The second-order valence-corrected chi connectivity index (χ2v) is 8.61. The molecule has 0 saturated heterocycles. The Kier molecular flexibility index (Phi) is 5.30. The van der Waals surface area contributed by atoms with Crippen LogP contribution < -0.4 is 20.7 Å².